The van der Waals surface area contributed by atoms with Crippen LogP contribution in [0.1, 0.15) is 5.56 Å². The minimum atomic E-state index is -4.80. The van der Waals surface area contributed by atoms with Gasteiger partial charge in [0.05, 0.1) is 11.1 Å². The number of hydrogen-bond acceptors (Lipinski definition) is 3. The van der Waals surface area contributed by atoms with Gasteiger partial charge in [0.25, 0.3) is 0 Å². The van der Waals surface area contributed by atoms with Gasteiger partial charge in [0, 0.05) is 11.5 Å². The van der Waals surface area contributed by atoms with Gasteiger partial charge in [0.1, 0.15) is 12.1 Å². The highest BCUT2D eigenvalue weighted by Gasteiger charge is 2.34. The Hall–Kier alpha value is -1.96. The number of halogens is 5. The lowest BCUT2D eigenvalue weighted by atomic mass is 10.1. The van der Waals surface area contributed by atoms with E-state index in [9.17, 15) is 17.6 Å². The minimum absolute atomic E-state index is 0.0176. The summed E-state index contributed by atoms with van der Waals surface area (Å²) >= 11 is 5.76. The van der Waals surface area contributed by atoms with E-state index in [0.717, 1.165) is 10.8 Å². The first-order chi connectivity index (χ1) is 8.88. The third-order valence-corrected chi connectivity index (χ3v) is 2.81. The van der Waals surface area contributed by atoms with Crippen LogP contribution in [-0.2, 0) is 6.18 Å². The molecule has 0 N–H and O–H groups in total. The largest absolute Gasteiger partial charge is 0.419 e. The van der Waals surface area contributed by atoms with E-state index in [-0.39, 0.29) is 21.8 Å². The fraction of sp³-hybridized carbons (Fsp3) is 0.100. The summed E-state index contributed by atoms with van der Waals surface area (Å²) in [6.45, 7) is 0. The number of nitrogens with zero attached hydrogens (tertiary/aromatic N) is 4. The van der Waals surface area contributed by atoms with E-state index in [1.54, 1.807) is 0 Å². The van der Waals surface area contributed by atoms with Crippen molar-refractivity contribution in [3.05, 3.63) is 35.1 Å². The topological polar surface area (TPSA) is 43.1 Å². The summed E-state index contributed by atoms with van der Waals surface area (Å²) in [5, 5.41) is 3.63. The van der Waals surface area contributed by atoms with E-state index in [0.29, 0.717) is 12.1 Å². The maximum Gasteiger partial charge on any atom is 0.419 e. The molecule has 0 unspecified atom stereocenters. The molecule has 9 heteroatoms. The van der Waals surface area contributed by atoms with Gasteiger partial charge in [-0.3, -0.25) is 0 Å². The van der Waals surface area contributed by atoms with E-state index in [2.05, 4.69) is 15.1 Å². The van der Waals surface area contributed by atoms with Crippen LogP contribution in [0, 0.1) is 5.82 Å². The number of benzene rings is 1. The predicted octanol–water partition coefficient (Wildman–Crippen LogP) is 3.09. The number of alkyl halides is 3. The summed E-state index contributed by atoms with van der Waals surface area (Å²) in [4.78, 5) is 7.58. The molecule has 4 nitrogen and oxygen atoms in total. The van der Waals surface area contributed by atoms with Crippen molar-refractivity contribution in [1.82, 2.24) is 19.6 Å². The lowest BCUT2D eigenvalue weighted by Crippen LogP contribution is -2.08. The molecule has 3 rings (SSSR count). The smallest absolute Gasteiger partial charge is 0.218 e. The van der Waals surface area contributed by atoms with Crippen LogP contribution in [0.25, 0.3) is 16.6 Å². The maximum absolute atomic E-state index is 13.4. The zero-order valence-corrected chi connectivity index (χ0v) is 9.67. The fourth-order valence-electron chi connectivity index (χ4n) is 1.76. The van der Waals surface area contributed by atoms with E-state index in [1.807, 2.05) is 0 Å². The van der Waals surface area contributed by atoms with Crippen LogP contribution >= 0.6 is 11.6 Å². The highest BCUT2D eigenvalue weighted by molar-refractivity contribution is 6.29. The average Bonchev–Trinajstić information content (AvgIpc) is 2.76. The molecule has 0 radical (unpaired) electrons. The van der Waals surface area contributed by atoms with Crippen LogP contribution in [-0.4, -0.2) is 19.6 Å². The van der Waals surface area contributed by atoms with E-state index in [1.165, 1.54) is 0 Å². The van der Waals surface area contributed by atoms with Crippen molar-refractivity contribution in [2.24, 2.45) is 0 Å². The van der Waals surface area contributed by atoms with Crippen molar-refractivity contribution in [3.8, 4) is 0 Å². The Morgan fingerprint density at radius 3 is 2.63 bits per heavy atom. The molecule has 0 aliphatic rings. The van der Waals surface area contributed by atoms with Crippen LogP contribution in [0.5, 0.6) is 0 Å². The minimum Gasteiger partial charge on any atom is -0.218 e. The molecular weight excluding hydrogens is 288 g/mol. The zero-order valence-electron chi connectivity index (χ0n) is 8.91. The van der Waals surface area contributed by atoms with E-state index < -0.39 is 17.6 Å². The summed E-state index contributed by atoms with van der Waals surface area (Å²) in [5.74, 6) is -1.41. The number of fused-ring (bicyclic) bond motifs is 3. The molecule has 0 spiro atoms. The lowest BCUT2D eigenvalue weighted by molar-refractivity contribution is -0.139. The molecule has 0 bridgehead atoms. The maximum atomic E-state index is 13.4. The van der Waals surface area contributed by atoms with Crippen molar-refractivity contribution in [1.29, 1.82) is 0 Å². The predicted molar refractivity (Wildman–Crippen MR) is 58.3 cm³/mol. The van der Waals surface area contributed by atoms with E-state index in [4.69, 9.17) is 11.6 Å². The van der Waals surface area contributed by atoms with Crippen molar-refractivity contribution in [2.45, 2.75) is 6.18 Å². The van der Waals surface area contributed by atoms with Crippen LogP contribution in [0.3, 0.4) is 0 Å². The fourth-order valence-corrected chi connectivity index (χ4v) is 1.97. The van der Waals surface area contributed by atoms with Gasteiger partial charge >= 0.3 is 6.18 Å². The van der Waals surface area contributed by atoms with E-state index >= 15 is 0 Å². The summed E-state index contributed by atoms with van der Waals surface area (Å²) < 4.78 is 52.5. The van der Waals surface area contributed by atoms with Gasteiger partial charge in [0.15, 0.2) is 5.65 Å². The van der Waals surface area contributed by atoms with Crippen LogP contribution in [0.4, 0.5) is 17.6 Å². The molecule has 0 fully saturated rings. The normalized spacial score (nSPS) is 12.5. The summed E-state index contributed by atoms with van der Waals surface area (Å²) in [5.41, 5.74) is -1.31. The van der Waals surface area contributed by atoms with Gasteiger partial charge in [0.2, 0.25) is 5.28 Å². The molecular formula is C10H3ClF4N4. The Morgan fingerprint density at radius 2 is 1.95 bits per heavy atom. The SMILES string of the molecule is Fc1cc2nc(Cl)n3ncnc3c2cc1C(F)(F)F. The third kappa shape index (κ3) is 1.79. The third-order valence-electron chi connectivity index (χ3n) is 2.57. The quantitative estimate of drug-likeness (QED) is 0.472. The molecule has 0 aliphatic carbocycles. The first-order valence-corrected chi connectivity index (χ1v) is 5.31. The Labute approximate surface area is 107 Å². The monoisotopic (exact) mass is 290 g/mol. The molecule has 2 heterocycles. The molecule has 0 aliphatic heterocycles. The molecule has 0 saturated carbocycles. The van der Waals surface area contributed by atoms with Crippen molar-refractivity contribution in [3.63, 3.8) is 0 Å². The van der Waals surface area contributed by atoms with Gasteiger partial charge in [-0.2, -0.15) is 22.8 Å². The Morgan fingerprint density at radius 1 is 1.21 bits per heavy atom. The Kier molecular flexibility index (Phi) is 2.40. The van der Waals surface area contributed by atoms with Crippen molar-refractivity contribution >= 4 is 28.2 Å². The summed E-state index contributed by atoms with van der Waals surface area (Å²) in [7, 11) is 0. The number of aromatic nitrogens is 4. The molecule has 0 atom stereocenters. The van der Waals surface area contributed by atoms with Gasteiger partial charge in [-0.1, -0.05) is 0 Å². The lowest BCUT2D eigenvalue weighted by Gasteiger charge is -2.09. The molecule has 0 amide bonds. The molecule has 3 aromatic rings. The molecule has 19 heavy (non-hydrogen) atoms. The highest BCUT2D eigenvalue weighted by atomic mass is 35.5. The molecule has 1 aromatic carbocycles. The molecule has 98 valence electrons. The van der Waals surface area contributed by atoms with Gasteiger partial charge < -0.3 is 0 Å². The van der Waals surface area contributed by atoms with Gasteiger partial charge in [-0.25, -0.2) is 14.4 Å². The number of hydrogen-bond donors (Lipinski definition) is 0. The standard InChI is InChI=1S/C10H3ClF4N4/c11-9-18-7-2-6(12)5(10(13,14)15)1-4(7)8-16-3-17-19(8)9/h1-3H. The van der Waals surface area contributed by atoms with Gasteiger partial charge in [-0.05, 0) is 17.7 Å². The first kappa shape index (κ1) is 12.1. The second kappa shape index (κ2) is 3.77. The zero-order chi connectivity index (χ0) is 13.8. The Bertz CT molecular complexity index is 795. The molecule has 2 aromatic heterocycles. The van der Waals surface area contributed by atoms with Crippen LogP contribution < -0.4 is 0 Å². The number of rotatable bonds is 0. The van der Waals surface area contributed by atoms with Crippen LogP contribution in [0.15, 0.2) is 18.5 Å². The first-order valence-electron chi connectivity index (χ1n) is 4.93. The van der Waals surface area contributed by atoms with Crippen molar-refractivity contribution in [2.75, 3.05) is 0 Å². The van der Waals surface area contributed by atoms with Crippen LogP contribution in [0.2, 0.25) is 5.28 Å². The molecule has 0 saturated heterocycles. The second-order valence-corrected chi connectivity index (χ2v) is 4.06. The van der Waals surface area contributed by atoms with Gasteiger partial charge in [-0.15, -0.1) is 0 Å². The summed E-state index contributed by atoms with van der Waals surface area (Å²) in [6, 6.07) is 1.33. The summed E-state index contributed by atoms with van der Waals surface area (Å²) in [6.07, 6.45) is -3.67. The van der Waals surface area contributed by atoms with Crippen molar-refractivity contribution < 1.29 is 17.6 Å². The second-order valence-electron chi connectivity index (χ2n) is 3.72. The highest BCUT2D eigenvalue weighted by Crippen LogP contribution is 2.34. The Balaban J connectivity index is 2.47. The average molecular weight is 291 g/mol.